The average Bonchev–Trinajstić information content (AvgIpc) is 2.11. The van der Waals surface area contributed by atoms with Crippen molar-refractivity contribution in [2.45, 2.75) is 26.7 Å². The molecule has 0 saturated heterocycles. The summed E-state index contributed by atoms with van der Waals surface area (Å²) in [5.41, 5.74) is 7.05. The SMILES string of the molecule is CCCC(=O)c1cc(C)cc(N)c1O. The number of hydrogen-bond acceptors (Lipinski definition) is 3. The van der Waals surface area contributed by atoms with Gasteiger partial charge in [-0.2, -0.15) is 0 Å². The quantitative estimate of drug-likeness (QED) is 0.439. The first kappa shape index (κ1) is 10.6. The summed E-state index contributed by atoms with van der Waals surface area (Å²) in [5.74, 6) is -0.144. The first-order chi connectivity index (χ1) is 6.56. The van der Waals surface area contributed by atoms with Crippen LogP contribution in [0, 0.1) is 6.92 Å². The van der Waals surface area contributed by atoms with E-state index in [9.17, 15) is 9.90 Å². The Morgan fingerprint density at radius 2 is 2.14 bits per heavy atom. The number of benzene rings is 1. The van der Waals surface area contributed by atoms with Crippen molar-refractivity contribution >= 4 is 11.5 Å². The first-order valence-corrected chi connectivity index (χ1v) is 4.68. The van der Waals surface area contributed by atoms with Crippen molar-refractivity contribution in [3.05, 3.63) is 23.3 Å². The van der Waals surface area contributed by atoms with Gasteiger partial charge in [-0.1, -0.05) is 6.92 Å². The molecule has 0 aliphatic carbocycles. The molecule has 14 heavy (non-hydrogen) atoms. The lowest BCUT2D eigenvalue weighted by Crippen LogP contribution is -2.01. The van der Waals surface area contributed by atoms with E-state index < -0.39 is 0 Å². The Kier molecular flexibility index (Phi) is 3.12. The minimum Gasteiger partial charge on any atom is -0.505 e. The maximum Gasteiger partial charge on any atom is 0.166 e. The molecule has 0 saturated carbocycles. The molecule has 1 rings (SSSR count). The van der Waals surface area contributed by atoms with Crippen molar-refractivity contribution < 1.29 is 9.90 Å². The number of nitrogen functional groups attached to an aromatic ring is 1. The number of nitrogens with two attached hydrogens (primary N) is 1. The van der Waals surface area contributed by atoms with Gasteiger partial charge in [-0.25, -0.2) is 0 Å². The first-order valence-electron chi connectivity index (χ1n) is 4.68. The predicted molar refractivity (Wildman–Crippen MR) is 56.5 cm³/mol. The van der Waals surface area contributed by atoms with Crippen LogP contribution in [0.25, 0.3) is 0 Å². The van der Waals surface area contributed by atoms with Crippen LogP contribution in [0.5, 0.6) is 5.75 Å². The number of phenols is 1. The van der Waals surface area contributed by atoms with Crippen LogP contribution in [0.1, 0.15) is 35.7 Å². The minimum absolute atomic E-state index is 0.0552. The van der Waals surface area contributed by atoms with E-state index >= 15 is 0 Å². The third-order valence-electron chi connectivity index (χ3n) is 2.06. The lowest BCUT2D eigenvalue weighted by atomic mass is 10.0. The van der Waals surface area contributed by atoms with Crippen molar-refractivity contribution in [2.24, 2.45) is 0 Å². The van der Waals surface area contributed by atoms with Crippen LogP contribution in [0.2, 0.25) is 0 Å². The van der Waals surface area contributed by atoms with Gasteiger partial charge in [0.1, 0.15) is 5.75 Å². The molecule has 3 heteroatoms. The van der Waals surface area contributed by atoms with E-state index in [0.717, 1.165) is 12.0 Å². The van der Waals surface area contributed by atoms with E-state index in [1.165, 1.54) is 0 Å². The van der Waals surface area contributed by atoms with Crippen molar-refractivity contribution in [1.82, 2.24) is 0 Å². The van der Waals surface area contributed by atoms with Crippen LogP contribution >= 0.6 is 0 Å². The Morgan fingerprint density at radius 3 is 2.71 bits per heavy atom. The lowest BCUT2D eigenvalue weighted by molar-refractivity contribution is 0.0979. The second-order valence-electron chi connectivity index (χ2n) is 3.42. The summed E-state index contributed by atoms with van der Waals surface area (Å²) < 4.78 is 0. The van der Waals surface area contributed by atoms with E-state index in [1.54, 1.807) is 12.1 Å². The zero-order chi connectivity index (χ0) is 10.7. The maximum atomic E-state index is 11.6. The van der Waals surface area contributed by atoms with E-state index in [2.05, 4.69) is 0 Å². The summed E-state index contributed by atoms with van der Waals surface area (Å²) in [7, 11) is 0. The monoisotopic (exact) mass is 193 g/mol. The van der Waals surface area contributed by atoms with E-state index in [0.29, 0.717) is 12.0 Å². The molecule has 0 radical (unpaired) electrons. The third kappa shape index (κ3) is 2.05. The highest BCUT2D eigenvalue weighted by Crippen LogP contribution is 2.27. The van der Waals surface area contributed by atoms with Crippen molar-refractivity contribution in [3.8, 4) is 5.75 Å². The molecule has 0 aromatic heterocycles. The second-order valence-corrected chi connectivity index (χ2v) is 3.42. The zero-order valence-corrected chi connectivity index (χ0v) is 8.50. The Hall–Kier alpha value is -1.51. The molecule has 0 fully saturated rings. The van der Waals surface area contributed by atoms with Crippen LogP contribution < -0.4 is 5.73 Å². The fourth-order valence-corrected chi connectivity index (χ4v) is 1.38. The number of phenolic OH excluding ortho intramolecular Hbond substituents is 1. The molecule has 0 aliphatic rings. The Labute approximate surface area is 83.6 Å². The second kappa shape index (κ2) is 4.13. The van der Waals surface area contributed by atoms with Gasteiger partial charge in [-0.15, -0.1) is 0 Å². The smallest absolute Gasteiger partial charge is 0.166 e. The van der Waals surface area contributed by atoms with Gasteiger partial charge in [-0.05, 0) is 31.0 Å². The number of rotatable bonds is 3. The number of aryl methyl sites for hydroxylation is 1. The highest BCUT2D eigenvalue weighted by molar-refractivity contribution is 6.00. The predicted octanol–water partition coefficient (Wildman–Crippen LogP) is 2.27. The van der Waals surface area contributed by atoms with E-state index in [4.69, 9.17) is 5.73 Å². The number of ketones is 1. The highest BCUT2D eigenvalue weighted by atomic mass is 16.3. The summed E-state index contributed by atoms with van der Waals surface area (Å²) in [5, 5.41) is 9.57. The normalized spacial score (nSPS) is 10.1. The van der Waals surface area contributed by atoms with Gasteiger partial charge in [0.2, 0.25) is 0 Å². The van der Waals surface area contributed by atoms with Gasteiger partial charge in [0.05, 0.1) is 11.3 Å². The van der Waals surface area contributed by atoms with Crippen LogP contribution in [0.4, 0.5) is 5.69 Å². The zero-order valence-electron chi connectivity index (χ0n) is 8.50. The van der Waals surface area contributed by atoms with Gasteiger partial charge in [0.25, 0.3) is 0 Å². The largest absolute Gasteiger partial charge is 0.505 e. The summed E-state index contributed by atoms with van der Waals surface area (Å²) in [6, 6.07) is 3.32. The lowest BCUT2D eigenvalue weighted by Gasteiger charge is -2.07. The Bertz CT molecular complexity index is 359. The third-order valence-corrected chi connectivity index (χ3v) is 2.06. The van der Waals surface area contributed by atoms with Gasteiger partial charge < -0.3 is 10.8 Å². The molecule has 3 N–H and O–H groups in total. The molecule has 0 bridgehead atoms. The van der Waals surface area contributed by atoms with Crippen LogP contribution in [0.3, 0.4) is 0 Å². The molecule has 0 aliphatic heterocycles. The van der Waals surface area contributed by atoms with Crippen molar-refractivity contribution in [2.75, 3.05) is 5.73 Å². The van der Waals surface area contributed by atoms with Gasteiger partial charge in [0, 0.05) is 6.42 Å². The number of Topliss-reactive ketones (excluding diaryl/α,β-unsaturated/α-hetero) is 1. The molecule has 1 aromatic carbocycles. The molecule has 0 heterocycles. The van der Waals surface area contributed by atoms with Gasteiger partial charge >= 0.3 is 0 Å². The minimum atomic E-state index is -0.0888. The number of anilines is 1. The molecule has 0 spiro atoms. The maximum absolute atomic E-state index is 11.6. The average molecular weight is 193 g/mol. The highest BCUT2D eigenvalue weighted by Gasteiger charge is 2.12. The molecule has 0 atom stereocenters. The van der Waals surface area contributed by atoms with E-state index in [-0.39, 0.29) is 17.2 Å². The topological polar surface area (TPSA) is 63.3 Å². The fraction of sp³-hybridized carbons (Fsp3) is 0.364. The summed E-state index contributed by atoms with van der Waals surface area (Å²) in [6.45, 7) is 3.77. The Balaban J connectivity index is 3.13. The van der Waals surface area contributed by atoms with Crippen LogP contribution in [-0.4, -0.2) is 10.9 Å². The fourth-order valence-electron chi connectivity index (χ4n) is 1.38. The molecule has 0 unspecified atom stereocenters. The molecular weight excluding hydrogens is 178 g/mol. The summed E-state index contributed by atoms with van der Waals surface area (Å²) in [4.78, 5) is 11.6. The van der Waals surface area contributed by atoms with Crippen molar-refractivity contribution in [1.29, 1.82) is 0 Å². The Morgan fingerprint density at radius 1 is 1.50 bits per heavy atom. The van der Waals surface area contributed by atoms with Gasteiger partial charge in [-0.3, -0.25) is 4.79 Å². The number of hydrogen-bond donors (Lipinski definition) is 2. The molecule has 3 nitrogen and oxygen atoms in total. The van der Waals surface area contributed by atoms with Crippen LogP contribution in [0.15, 0.2) is 12.1 Å². The van der Waals surface area contributed by atoms with Crippen LogP contribution in [-0.2, 0) is 0 Å². The summed E-state index contributed by atoms with van der Waals surface area (Å²) in [6.07, 6.45) is 1.21. The number of carbonyl (C=O) groups is 1. The molecule has 1 aromatic rings. The number of aromatic hydroxyl groups is 1. The standard InChI is InChI=1S/C11H15NO2/c1-3-4-10(13)8-5-7(2)6-9(12)11(8)14/h5-6,14H,3-4,12H2,1-2H3. The molecule has 76 valence electrons. The van der Waals surface area contributed by atoms with E-state index in [1.807, 2.05) is 13.8 Å². The van der Waals surface area contributed by atoms with Crippen molar-refractivity contribution in [3.63, 3.8) is 0 Å². The summed E-state index contributed by atoms with van der Waals surface area (Å²) >= 11 is 0. The van der Waals surface area contributed by atoms with Gasteiger partial charge in [0.15, 0.2) is 5.78 Å². The molecular formula is C11H15NO2. The molecule has 0 amide bonds. The number of carbonyl (C=O) groups excluding carboxylic acids is 1.